The molecule has 22 heavy (non-hydrogen) atoms. The molecule has 2 fully saturated rings. The van der Waals surface area contributed by atoms with E-state index in [2.05, 4.69) is 0 Å². The summed E-state index contributed by atoms with van der Waals surface area (Å²) in [6, 6.07) is -0.161. The standard InChI is InChI=1S/C16H29N3O3/c1-11(17)14(20)18-9-5-6-13(18)10-19(12-7-8-12)15(21)22-16(2,3)4/h11-13H,5-10,17H2,1-4H3/t11-,13-/m0/s1. The number of amides is 2. The van der Waals surface area contributed by atoms with E-state index < -0.39 is 11.6 Å². The molecule has 2 rings (SSSR count). The van der Waals surface area contributed by atoms with Gasteiger partial charge in [0.25, 0.3) is 0 Å². The first-order chi connectivity index (χ1) is 10.2. The molecule has 0 radical (unpaired) electrons. The highest BCUT2D eigenvalue weighted by Gasteiger charge is 2.39. The first-order valence-corrected chi connectivity index (χ1v) is 8.24. The Bertz CT molecular complexity index is 427. The number of likely N-dealkylation sites (tertiary alicyclic amines) is 1. The second-order valence-electron chi connectivity index (χ2n) is 7.48. The van der Waals surface area contributed by atoms with Crippen molar-refractivity contribution in [3.63, 3.8) is 0 Å². The Hall–Kier alpha value is -1.30. The van der Waals surface area contributed by atoms with Gasteiger partial charge < -0.3 is 20.3 Å². The highest BCUT2D eigenvalue weighted by Crippen LogP contribution is 2.30. The van der Waals surface area contributed by atoms with Crippen LogP contribution in [0.5, 0.6) is 0 Å². The number of rotatable bonds is 4. The van der Waals surface area contributed by atoms with E-state index >= 15 is 0 Å². The zero-order valence-corrected chi connectivity index (χ0v) is 14.2. The lowest BCUT2D eigenvalue weighted by molar-refractivity contribution is -0.133. The molecule has 2 N–H and O–H groups in total. The Morgan fingerprint density at radius 3 is 2.45 bits per heavy atom. The van der Waals surface area contributed by atoms with Gasteiger partial charge in [0.05, 0.1) is 6.04 Å². The van der Waals surface area contributed by atoms with E-state index in [9.17, 15) is 9.59 Å². The Morgan fingerprint density at radius 2 is 1.95 bits per heavy atom. The summed E-state index contributed by atoms with van der Waals surface area (Å²) in [5.41, 5.74) is 5.23. The molecule has 126 valence electrons. The summed E-state index contributed by atoms with van der Waals surface area (Å²) in [6.45, 7) is 8.62. The summed E-state index contributed by atoms with van der Waals surface area (Å²) in [6.07, 6.45) is 3.66. The molecule has 0 aromatic carbocycles. The fourth-order valence-corrected chi connectivity index (χ4v) is 2.88. The normalized spacial score (nSPS) is 23.3. The van der Waals surface area contributed by atoms with Crippen molar-refractivity contribution < 1.29 is 14.3 Å². The van der Waals surface area contributed by atoms with E-state index in [1.165, 1.54) is 0 Å². The zero-order chi connectivity index (χ0) is 16.5. The van der Waals surface area contributed by atoms with Crippen molar-refractivity contribution in [2.75, 3.05) is 13.1 Å². The van der Waals surface area contributed by atoms with Crippen molar-refractivity contribution in [1.82, 2.24) is 9.80 Å². The molecule has 0 aromatic rings. The second kappa shape index (κ2) is 6.44. The van der Waals surface area contributed by atoms with Gasteiger partial charge in [-0.2, -0.15) is 0 Å². The Kier molecular flexibility index (Phi) is 5.00. The van der Waals surface area contributed by atoms with Crippen LogP contribution in [0.1, 0.15) is 53.4 Å². The summed E-state index contributed by atoms with van der Waals surface area (Å²) in [7, 11) is 0. The highest BCUT2D eigenvalue weighted by molar-refractivity contribution is 5.81. The molecule has 1 heterocycles. The summed E-state index contributed by atoms with van der Waals surface area (Å²) in [4.78, 5) is 28.2. The van der Waals surface area contributed by atoms with E-state index in [1.54, 1.807) is 6.92 Å². The Labute approximate surface area is 132 Å². The Balaban J connectivity index is 2.01. The van der Waals surface area contributed by atoms with Crippen molar-refractivity contribution in [1.29, 1.82) is 0 Å². The molecule has 0 unspecified atom stereocenters. The smallest absolute Gasteiger partial charge is 0.410 e. The van der Waals surface area contributed by atoms with Gasteiger partial charge in [-0.05, 0) is 53.4 Å². The Morgan fingerprint density at radius 1 is 1.32 bits per heavy atom. The molecule has 2 aliphatic rings. The largest absolute Gasteiger partial charge is 0.444 e. The van der Waals surface area contributed by atoms with Crippen LogP contribution in [0.3, 0.4) is 0 Å². The lowest BCUT2D eigenvalue weighted by Crippen LogP contribution is -2.50. The van der Waals surface area contributed by atoms with Crippen LogP contribution in [0.4, 0.5) is 4.79 Å². The average molecular weight is 311 g/mol. The summed E-state index contributed by atoms with van der Waals surface area (Å²) < 4.78 is 5.51. The molecular weight excluding hydrogens is 282 g/mol. The monoisotopic (exact) mass is 311 g/mol. The minimum atomic E-state index is -0.499. The van der Waals surface area contributed by atoms with Crippen LogP contribution in [0.15, 0.2) is 0 Å². The van der Waals surface area contributed by atoms with Crippen LogP contribution < -0.4 is 5.73 Å². The number of ether oxygens (including phenoxy) is 1. The van der Waals surface area contributed by atoms with E-state index in [0.29, 0.717) is 6.54 Å². The number of nitrogens with zero attached hydrogens (tertiary/aromatic N) is 2. The average Bonchev–Trinajstić information content (AvgIpc) is 3.11. The van der Waals surface area contributed by atoms with Crippen LogP contribution >= 0.6 is 0 Å². The molecule has 1 saturated carbocycles. The molecular formula is C16H29N3O3. The number of carbonyl (C=O) groups excluding carboxylic acids is 2. The first kappa shape index (κ1) is 17.1. The molecule has 0 spiro atoms. The minimum Gasteiger partial charge on any atom is -0.444 e. The molecule has 0 bridgehead atoms. The van der Waals surface area contributed by atoms with Crippen LogP contribution in [-0.4, -0.2) is 58.6 Å². The van der Waals surface area contributed by atoms with Crippen molar-refractivity contribution >= 4 is 12.0 Å². The predicted molar refractivity (Wildman–Crippen MR) is 84.3 cm³/mol. The SMILES string of the molecule is C[C@H](N)C(=O)N1CCC[C@H]1CN(C(=O)OC(C)(C)C)C1CC1. The zero-order valence-electron chi connectivity index (χ0n) is 14.2. The second-order valence-corrected chi connectivity index (χ2v) is 7.48. The van der Waals surface area contributed by atoms with Crippen LogP contribution in [0.25, 0.3) is 0 Å². The lowest BCUT2D eigenvalue weighted by Gasteiger charge is -2.33. The van der Waals surface area contributed by atoms with Gasteiger partial charge in [-0.15, -0.1) is 0 Å². The minimum absolute atomic E-state index is 0.0255. The van der Waals surface area contributed by atoms with Gasteiger partial charge in [-0.3, -0.25) is 4.79 Å². The summed E-state index contributed by atoms with van der Waals surface area (Å²) >= 11 is 0. The van der Waals surface area contributed by atoms with Crippen LogP contribution in [-0.2, 0) is 9.53 Å². The third-order valence-corrected chi connectivity index (χ3v) is 4.07. The van der Waals surface area contributed by atoms with E-state index in [4.69, 9.17) is 10.5 Å². The van der Waals surface area contributed by atoms with Gasteiger partial charge in [0.2, 0.25) is 5.91 Å². The molecule has 6 heteroatoms. The molecule has 0 aromatic heterocycles. The van der Waals surface area contributed by atoms with E-state index in [1.807, 2.05) is 30.6 Å². The fraction of sp³-hybridized carbons (Fsp3) is 0.875. The van der Waals surface area contributed by atoms with Gasteiger partial charge in [-0.25, -0.2) is 4.79 Å². The van der Waals surface area contributed by atoms with E-state index in [0.717, 1.165) is 32.2 Å². The number of hydrogen-bond donors (Lipinski definition) is 1. The topological polar surface area (TPSA) is 75.9 Å². The van der Waals surface area contributed by atoms with Crippen LogP contribution in [0.2, 0.25) is 0 Å². The maximum absolute atomic E-state index is 12.4. The lowest BCUT2D eigenvalue weighted by atomic mass is 10.2. The van der Waals surface area contributed by atoms with Gasteiger partial charge >= 0.3 is 6.09 Å². The third-order valence-electron chi connectivity index (χ3n) is 4.07. The van der Waals surface area contributed by atoms with Crippen molar-refractivity contribution in [3.8, 4) is 0 Å². The van der Waals surface area contributed by atoms with E-state index in [-0.39, 0.29) is 24.1 Å². The van der Waals surface area contributed by atoms with Gasteiger partial charge in [0.15, 0.2) is 0 Å². The van der Waals surface area contributed by atoms with Crippen molar-refractivity contribution in [3.05, 3.63) is 0 Å². The fourth-order valence-electron chi connectivity index (χ4n) is 2.88. The highest BCUT2D eigenvalue weighted by atomic mass is 16.6. The third kappa shape index (κ3) is 4.35. The number of nitrogens with two attached hydrogens (primary N) is 1. The molecule has 1 aliphatic carbocycles. The maximum Gasteiger partial charge on any atom is 0.410 e. The summed E-state index contributed by atoms with van der Waals surface area (Å²) in [5, 5.41) is 0. The predicted octanol–water partition coefficient (Wildman–Crippen LogP) is 1.72. The van der Waals surface area contributed by atoms with Crippen molar-refractivity contribution in [2.24, 2.45) is 5.73 Å². The van der Waals surface area contributed by atoms with Gasteiger partial charge in [0.1, 0.15) is 5.60 Å². The molecule has 1 saturated heterocycles. The van der Waals surface area contributed by atoms with Gasteiger partial charge in [-0.1, -0.05) is 0 Å². The first-order valence-electron chi connectivity index (χ1n) is 8.24. The number of hydrogen-bond acceptors (Lipinski definition) is 4. The number of carbonyl (C=O) groups is 2. The molecule has 6 nitrogen and oxygen atoms in total. The van der Waals surface area contributed by atoms with Gasteiger partial charge in [0, 0.05) is 25.2 Å². The molecule has 2 amide bonds. The quantitative estimate of drug-likeness (QED) is 0.858. The molecule has 2 atom stereocenters. The van der Waals surface area contributed by atoms with Crippen molar-refractivity contribution in [2.45, 2.75) is 77.1 Å². The van der Waals surface area contributed by atoms with Crippen LogP contribution in [0, 0.1) is 0 Å². The molecule has 1 aliphatic heterocycles. The maximum atomic E-state index is 12.4. The summed E-state index contributed by atoms with van der Waals surface area (Å²) in [5.74, 6) is -0.0255.